The average molecular weight is 659 g/mol. The first-order valence-electron chi connectivity index (χ1n) is 18.8. The molecule has 1 saturated carbocycles. The lowest BCUT2D eigenvalue weighted by atomic mass is 9.82. The SMILES string of the molecule is C=C(/C(C(C)=C(C)C)=C(C)\C(C)=C/C)c1c(CC)c(CC)c2c(N3C(CC)CCC3CC)nc(OCC3(CNCCC)CC3)nc2c1F. The summed E-state index contributed by atoms with van der Waals surface area (Å²) in [6, 6.07) is 0.986. The van der Waals surface area contributed by atoms with Crippen LogP contribution in [0.1, 0.15) is 138 Å². The minimum atomic E-state index is -0.312. The Hall–Kier alpha value is -2.99. The number of hydrogen-bond donors (Lipinski definition) is 1. The van der Waals surface area contributed by atoms with Crippen LogP contribution in [0, 0.1) is 11.2 Å². The monoisotopic (exact) mass is 658 g/mol. The van der Waals surface area contributed by atoms with E-state index < -0.39 is 0 Å². The maximum atomic E-state index is 17.7. The Bertz CT molecular complexity index is 1580. The third-order valence-corrected chi connectivity index (χ3v) is 11.3. The Kier molecular flexibility index (Phi) is 12.7. The molecule has 4 rings (SSSR count). The predicted octanol–water partition coefficient (Wildman–Crippen LogP) is 10.9. The molecule has 6 heteroatoms. The van der Waals surface area contributed by atoms with Gasteiger partial charge in [-0.1, -0.05) is 58.4 Å². The predicted molar refractivity (Wildman–Crippen MR) is 204 cm³/mol. The fraction of sp³-hybridized carbons (Fsp3) is 0.619. The number of anilines is 1. The van der Waals surface area contributed by atoms with Crippen LogP contribution in [0.25, 0.3) is 16.5 Å². The van der Waals surface area contributed by atoms with Crippen LogP contribution < -0.4 is 15.0 Å². The van der Waals surface area contributed by atoms with Crippen molar-refractivity contribution >= 4 is 22.3 Å². The smallest absolute Gasteiger partial charge is 0.319 e. The normalized spacial score (nSPS) is 19.5. The van der Waals surface area contributed by atoms with Crippen molar-refractivity contribution in [2.75, 3.05) is 24.6 Å². The van der Waals surface area contributed by atoms with Gasteiger partial charge in [0.15, 0.2) is 5.82 Å². The first kappa shape index (κ1) is 37.8. The van der Waals surface area contributed by atoms with Gasteiger partial charge in [0.1, 0.15) is 11.3 Å². The number of nitrogens with zero attached hydrogens (tertiary/aromatic N) is 3. The van der Waals surface area contributed by atoms with Crippen LogP contribution in [-0.4, -0.2) is 41.7 Å². The first-order chi connectivity index (χ1) is 22.9. The Morgan fingerprint density at radius 2 is 1.58 bits per heavy atom. The van der Waals surface area contributed by atoms with Gasteiger partial charge in [-0.3, -0.25) is 0 Å². The van der Waals surface area contributed by atoms with Gasteiger partial charge in [-0.05, 0) is 139 Å². The number of aryl methyl sites for hydroxylation is 1. The zero-order valence-corrected chi connectivity index (χ0v) is 32.1. The highest BCUT2D eigenvalue weighted by atomic mass is 19.1. The second kappa shape index (κ2) is 16.1. The zero-order valence-electron chi connectivity index (χ0n) is 32.1. The van der Waals surface area contributed by atoms with Crippen molar-refractivity contribution in [1.29, 1.82) is 0 Å². The number of aromatic nitrogens is 2. The third kappa shape index (κ3) is 7.44. The van der Waals surface area contributed by atoms with E-state index in [0.717, 1.165) is 115 Å². The maximum absolute atomic E-state index is 17.7. The highest BCUT2D eigenvalue weighted by Gasteiger charge is 2.43. The summed E-state index contributed by atoms with van der Waals surface area (Å²) in [5, 5.41) is 4.43. The van der Waals surface area contributed by atoms with Crippen molar-refractivity contribution in [3.63, 3.8) is 0 Å². The molecule has 1 aromatic carbocycles. The second-order valence-electron chi connectivity index (χ2n) is 14.6. The van der Waals surface area contributed by atoms with E-state index in [4.69, 9.17) is 14.7 Å². The lowest BCUT2D eigenvalue weighted by Gasteiger charge is -2.33. The molecule has 1 aliphatic heterocycles. The molecule has 2 heterocycles. The maximum Gasteiger partial charge on any atom is 0.319 e. The van der Waals surface area contributed by atoms with E-state index in [9.17, 15) is 0 Å². The van der Waals surface area contributed by atoms with E-state index in [-0.39, 0.29) is 17.2 Å². The van der Waals surface area contributed by atoms with E-state index >= 15 is 4.39 Å². The van der Waals surface area contributed by atoms with Crippen LogP contribution >= 0.6 is 0 Å². The molecule has 0 spiro atoms. The molecule has 2 unspecified atom stereocenters. The molecule has 48 heavy (non-hydrogen) atoms. The van der Waals surface area contributed by atoms with E-state index in [2.05, 4.69) is 99.0 Å². The number of nitrogens with one attached hydrogen (secondary N) is 1. The summed E-state index contributed by atoms with van der Waals surface area (Å²) in [7, 11) is 0. The number of fused-ring (bicyclic) bond motifs is 1. The summed E-state index contributed by atoms with van der Waals surface area (Å²) in [5.41, 5.74) is 9.51. The fourth-order valence-electron chi connectivity index (χ4n) is 7.69. The highest BCUT2D eigenvalue weighted by molar-refractivity contribution is 5.99. The molecule has 5 nitrogen and oxygen atoms in total. The molecule has 0 bridgehead atoms. The number of hydrogen-bond acceptors (Lipinski definition) is 5. The quantitative estimate of drug-likeness (QED) is 0.144. The van der Waals surface area contributed by atoms with Crippen LogP contribution in [0.5, 0.6) is 6.01 Å². The van der Waals surface area contributed by atoms with Crippen LogP contribution in [0.15, 0.2) is 40.5 Å². The minimum absolute atomic E-state index is 0.0988. The number of allylic oxidation sites excluding steroid dienone is 7. The Morgan fingerprint density at radius 3 is 2.08 bits per heavy atom. The van der Waals surface area contributed by atoms with Crippen LogP contribution in [0.2, 0.25) is 0 Å². The van der Waals surface area contributed by atoms with Crippen molar-refractivity contribution in [3.8, 4) is 6.01 Å². The number of benzene rings is 1. The van der Waals surface area contributed by atoms with Gasteiger partial charge in [0.05, 0.1) is 6.61 Å². The molecular weight excluding hydrogens is 595 g/mol. The molecule has 2 aromatic rings. The second-order valence-corrected chi connectivity index (χ2v) is 14.6. The number of ether oxygens (including phenoxy) is 1. The summed E-state index contributed by atoms with van der Waals surface area (Å²) >= 11 is 0. The third-order valence-electron chi connectivity index (χ3n) is 11.3. The van der Waals surface area contributed by atoms with Crippen LogP contribution in [0.3, 0.4) is 0 Å². The summed E-state index contributed by atoms with van der Waals surface area (Å²) in [6.45, 7) is 30.8. The number of rotatable bonds is 16. The molecule has 1 aliphatic carbocycles. The molecule has 2 fully saturated rings. The van der Waals surface area contributed by atoms with Crippen molar-refractivity contribution < 1.29 is 9.13 Å². The van der Waals surface area contributed by atoms with Gasteiger partial charge < -0.3 is 15.0 Å². The van der Waals surface area contributed by atoms with Gasteiger partial charge in [-0.2, -0.15) is 9.97 Å². The molecule has 1 saturated heterocycles. The van der Waals surface area contributed by atoms with E-state index in [0.29, 0.717) is 36.2 Å². The minimum Gasteiger partial charge on any atom is -0.463 e. The molecule has 2 aliphatic rings. The Balaban J connectivity index is 2.03. The fourth-order valence-corrected chi connectivity index (χ4v) is 7.69. The summed E-state index contributed by atoms with van der Waals surface area (Å²) in [5.74, 6) is 0.536. The largest absolute Gasteiger partial charge is 0.463 e. The summed E-state index contributed by atoms with van der Waals surface area (Å²) in [4.78, 5) is 12.7. The van der Waals surface area contributed by atoms with E-state index in [1.54, 1.807) is 0 Å². The molecule has 2 atom stereocenters. The van der Waals surface area contributed by atoms with Gasteiger partial charge in [-0.25, -0.2) is 4.39 Å². The molecule has 1 aromatic heterocycles. The first-order valence-corrected chi connectivity index (χ1v) is 18.8. The van der Waals surface area contributed by atoms with Crippen molar-refractivity contribution in [2.24, 2.45) is 5.41 Å². The Morgan fingerprint density at radius 1 is 0.958 bits per heavy atom. The summed E-state index contributed by atoms with van der Waals surface area (Å²) in [6.07, 6.45) is 11.2. The van der Waals surface area contributed by atoms with Crippen molar-refractivity contribution in [3.05, 3.63) is 63.0 Å². The number of halogens is 1. The van der Waals surface area contributed by atoms with E-state index in [1.807, 2.05) is 0 Å². The van der Waals surface area contributed by atoms with Crippen LogP contribution in [-0.2, 0) is 12.8 Å². The zero-order chi connectivity index (χ0) is 35.3. The van der Waals surface area contributed by atoms with Gasteiger partial charge in [0, 0.05) is 35.0 Å². The molecule has 264 valence electrons. The van der Waals surface area contributed by atoms with E-state index in [1.165, 1.54) is 5.57 Å². The highest BCUT2D eigenvalue weighted by Crippen LogP contribution is 2.47. The van der Waals surface area contributed by atoms with Gasteiger partial charge in [-0.15, -0.1) is 0 Å². The standard InChI is InChI=1S/C42H63FN4O/c1-13-23-44-24-42(21-22-42)25-48-41-45-39-37(40(46-41)47-31(15-3)19-20-32(47)16-4)34(18-6)33(17-5)36(38(39)43)30(12)35(28(10)26(7)8)29(11)27(9)14-2/h14,31-32,44H,12-13,15-25H2,1-11H3/b27-14-,35-29-. The van der Waals surface area contributed by atoms with Gasteiger partial charge in [0.2, 0.25) is 0 Å². The van der Waals surface area contributed by atoms with Crippen molar-refractivity contribution in [1.82, 2.24) is 15.3 Å². The molecule has 1 N–H and O–H groups in total. The van der Waals surface area contributed by atoms with Gasteiger partial charge in [0.25, 0.3) is 0 Å². The lowest BCUT2D eigenvalue weighted by molar-refractivity contribution is 0.214. The summed E-state index contributed by atoms with van der Waals surface area (Å²) < 4.78 is 24.2. The average Bonchev–Trinajstić information content (AvgIpc) is 3.73. The Labute approximate surface area is 291 Å². The molecule has 0 radical (unpaired) electrons. The topological polar surface area (TPSA) is 50.3 Å². The van der Waals surface area contributed by atoms with Gasteiger partial charge >= 0.3 is 6.01 Å². The van der Waals surface area contributed by atoms with Crippen LogP contribution in [0.4, 0.5) is 10.2 Å². The van der Waals surface area contributed by atoms with Crippen molar-refractivity contribution in [2.45, 2.75) is 146 Å². The lowest BCUT2D eigenvalue weighted by Crippen LogP contribution is -2.37. The molecule has 0 amide bonds. The molecular formula is C42H63FN4O.